The first-order valence-corrected chi connectivity index (χ1v) is 11.7. The minimum absolute atomic E-state index is 0.346. The molecule has 2 N–H and O–H groups in total. The molecule has 0 amide bonds. The lowest BCUT2D eigenvalue weighted by Gasteiger charge is -2.32. The summed E-state index contributed by atoms with van der Waals surface area (Å²) in [5, 5.41) is 15.1. The quantitative estimate of drug-likeness (QED) is 0.429. The van der Waals surface area contributed by atoms with E-state index < -0.39 is 0 Å². The van der Waals surface area contributed by atoms with Crippen molar-refractivity contribution in [2.45, 2.75) is 32.0 Å². The number of nitrogens with one attached hydrogen (secondary N) is 1. The van der Waals surface area contributed by atoms with Gasteiger partial charge in [-0.1, -0.05) is 42.5 Å². The van der Waals surface area contributed by atoms with E-state index in [2.05, 4.69) is 52.7 Å². The molecule has 0 saturated carbocycles. The summed E-state index contributed by atoms with van der Waals surface area (Å²) < 4.78 is 1.19. The SMILES string of the molecule is Oc1ccc(-c2nc3ccccc3s2)cc1CNC1CCN(Cc2ccccc2)CC1. The number of hydrogen-bond acceptors (Lipinski definition) is 5. The molecular weight excluding hydrogens is 402 g/mol. The van der Waals surface area contributed by atoms with E-state index in [1.807, 2.05) is 24.3 Å². The number of phenolic OH excluding ortho intramolecular Hbond substituents is 1. The Hall–Kier alpha value is -2.73. The molecule has 0 aliphatic carbocycles. The van der Waals surface area contributed by atoms with Crippen LogP contribution in [0.1, 0.15) is 24.0 Å². The summed E-state index contributed by atoms with van der Waals surface area (Å²) in [4.78, 5) is 7.28. The first-order chi connectivity index (χ1) is 15.2. The highest BCUT2D eigenvalue weighted by molar-refractivity contribution is 7.21. The normalized spacial score (nSPS) is 15.5. The highest BCUT2D eigenvalue weighted by Crippen LogP contribution is 2.32. The van der Waals surface area contributed by atoms with Crippen LogP contribution in [0.3, 0.4) is 0 Å². The zero-order valence-electron chi connectivity index (χ0n) is 17.5. The van der Waals surface area contributed by atoms with Gasteiger partial charge < -0.3 is 10.4 Å². The molecule has 1 aliphatic heterocycles. The van der Waals surface area contributed by atoms with Crippen molar-refractivity contribution in [1.29, 1.82) is 0 Å². The molecule has 4 aromatic rings. The van der Waals surface area contributed by atoms with Gasteiger partial charge in [0.25, 0.3) is 0 Å². The van der Waals surface area contributed by atoms with Crippen LogP contribution in [-0.2, 0) is 13.1 Å². The molecule has 4 nitrogen and oxygen atoms in total. The molecule has 5 rings (SSSR count). The van der Waals surface area contributed by atoms with Crippen LogP contribution in [0, 0.1) is 0 Å². The van der Waals surface area contributed by atoms with Crippen LogP contribution in [0.2, 0.25) is 0 Å². The highest BCUT2D eigenvalue weighted by atomic mass is 32.1. The van der Waals surface area contributed by atoms with Crippen LogP contribution in [0.25, 0.3) is 20.8 Å². The van der Waals surface area contributed by atoms with Crippen molar-refractivity contribution in [2.75, 3.05) is 13.1 Å². The summed E-state index contributed by atoms with van der Waals surface area (Å²) >= 11 is 1.69. The molecule has 1 aliphatic rings. The number of benzene rings is 3. The van der Waals surface area contributed by atoms with Gasteiger partial charge in [-0.2, -0.15) is 0 Å². The maximum atomic E-state index is 10.4. The van der Waals surface area contributed by atoms with Gasteiger partial charge in [0.05, 0.1) is 10.2 Å². The van der Waals surface area contributed by atoms with E-state index in [4.69, 9.17) is 4.98 Å². The maximum Gasteiger partial charge on any atom is 0.124 e. The number of aromatic nitrogens is 1. The predicted octanol–water partition coefficient (Wildman–Crippen LogP) is 5.42. The van der Waals surface area contributed by atoms with Crippen LogP contribution in [-0.4, -0.2) is 34.1 Å². The Morgan fingerprint density at radius 2 is 1.74 bits per heavy atom. The second-order valence-electron chi connectivity index (χ2n) is 8.25. The second kappa shape index (κ2) is 9.18. The van der Waals surface area contributed by atoms with E-state index in [-0.39, 0.29) is 0 Å². The average Bonchev–Trinajstić information content (AvgIpc) is 3.24. The smallest absolute Gasteiger partial charge is 0.124 e. The Kier molecular flexibility index (Phi) is 5.98. The molecule has 0 bridgehead atoms. The van der Waals surface area contributed by atoms with Crippen LogP contribution >= 0.6 is 11.3 Å². The van der Waals surface area contributed by atoms with Gasteiger partial charge in [0.15, 0.2) is 0 Å². The summed E-state index contributed by atoms with van der Waals surface area (Å²) in [5.74, 6) is 0.346. The summed E-state index contributed by atoms with van der Waals surface area (Å²) in [7, 11) is 0. The molecular formula is C26H27N3OS. The third kappa shape index (κ3) is 4.79. The summed E-state index contributed by atoms with van der Waals surface area (Å²) in [6, 6.07) is 25.2. The number of para-hydroxylation sites is 1. The van der Waals surface area contributed by atoms with E-state index in [1.165, 1.54) is 10.3 Å². The maximum absolute atomic E-state index is 10.4. The minimum atomic E-state index is 0.346. The lowest BCUT2D eigenvalue weighted by Crippen LogP contribution is -2.41. The molecule has 1 fully saturated rings. The average molecular weight is 430 g/mol. The lowest BCUT2D eigenvalue weighted by molar-refractivity contribution is 0.190. The largest absolute Gasteiger partial charge is 0.508 e. The van der Waals surface area contributed by atoms with Gasteiger partial charge >= 0.3 is 0 Å². The zero-order valence-corrected chi connectivity index (χ0v) is 18.3. The van der Waals surface area contributed by atoms with Gasteiger partial charge in [-0.3, -0.25) is 4.90 Å². The summed E-state index contributed by atoms with van der Waals surface area (Å²) in [6.45, 7) is 3.90. The van der Waals surface area contributed by atoms with E-state index in [1.54, 1.807) is 17.4 Å². The Labute approximate surface area is 187 Å². The highest BCUT2D eigenvalue weighted by Gasteiger charge is 2.19. The molecule has 2 heterocycles. The van der Waals surface area contributed by atoms with Crippen molar-refractivity contribution >= 4 is 21.6 Å². The number of fused-ring (bicyclic) bond motifs is 1. The fraction of sp³-hybridized carbons (Fsp3) is 0.269. The molecule has 1 aromatic heterocycles. The van der Waals surface area contributed by atoms with Gasteiger partial charge in [-0.15, -0.1) is 11.3 Å². The molecule has 1 saturated heterocycles. The van der Waals surface area contributed by atoms with Gasteiger partial charge in [0.1, 0.15) is 10.8 Å². The van der Waals surface area contributed by atoms with Crippen molar-refractivity contribution in [3.8, 4) is 16.3 Å². The molecule has 3 aromatic carbocycles. The number of piperidine rings is 1. The first kappa shape index (κ1) is 20.2. The Morgan fingerprint density at radius 1 is 0.968 bits per heavy atom. The van der Waals surface area contributed by atoms with Gasteiger partial charge in [-0.05, 0) is 61.8 Å². The number of rotatable bonds is 6. The Morgan fingerprint density at radius 3 is 2.55 bits per heavy atom. The monoisotopic (exact) mass is 429 g/mol. The third-order valence-corrected chi connectivity index (χ3v) is 7.12. The van der Waals surface area contributed by atoms with Gasteiger partial charge in [0, 0.05) is 30.3 Å². The Bertz CT molecular complexity index is 1120. The lowest BCUT2D eigenvalue weighted by atomic mass is 10.0. The van der Waals surface area contributed by atoms with Crippen molar-refractivity contribution in [3.63, 3.8) is 0 Å². The standard InChI is InChI=1S/C26H27N3OS/c30-24-11-10-20(26-28-23-8-4-5-9-25(23)31-26)16-21(24)17-27-22-12-14-29(15-13-22)18-19-6-2-1-3-7-19/h1-11,16,22,27,30H,12-15,17-18H2. The number of aromatic hydroxyl groups is 1. The van der Waals surface area contributed by atoms with Crippen molar-refractivity contribution in [2.24, 2.45) is 0 Å². The third-order valence-electron chi connectivity index (χ3n) is 6.04. The molecule has 158 valence electrons. The Balaban J connectivity index is 1.19. The summed E-state index contributed by atoms with van der Waals surface area (Å²) in [5.41, 5.74) is 4.40. The molecule has 5 heteroatoms. The van der Waals surface area contributed by atoms with E-state index in [0.717, 1.165) is 54.1 Å². The summed E-state index contributed by atoms with van der Waals surface area (Å²) in [6.07, 6.45) is 2.26. The molecule has 0 spiro atoms. The van der Waals surface area contributed by atoms with E-state index >= 15 is 0 Å². The van der Waals surface area contributed by atoms with Crippen LogP contribution < -0.4 is 5.32 Å². The number of nitrogens with zero attached hydrogens (tertiary/aromatic N) is 2. The first-order valence-electron chi connectivity index (χ1n) is 10.9. The number of thiazole rings is 1. The van der Waals surface area contributed by atoms with E-state index in [9.17, 15) is 5.11 Å². The molecule has 0 atom stereocenters. The van der Waals surface area contributed by atoms with Crippen LogP contribution in [0.4, 0.5) is 0 Å². The number of likely N-dealkylation sites (tertiary alicyclic amines) is 1. The molecule has 0 unspecified atom stereocenters. The fourth-order valence-electron chi connectivity index (χ4n) is 4.25. The predicted molar refractivity (Wildman–Crippen MR) is 128 cm³/mol. The van der Waals surface area contributed by atoms with Crippen LogP contribution in [0.5, 0.6) is 5.75 Å². The number of hydrogen-bond donors (Lipinski definition) is 2. The minimum Gasteiger partial charge on any atom is -0.508 e. The molecule has 0 radical (unpaired) electrons. The number of phenols is 1. The van der Waals surface area contributed by atoms with Crippen molar-refractivity contribution < 1.29 is 5.11 Å². The van der Waals surface area contributed by atoms with Crippen molar-refractivity contribution in [3.05, 3.63) is 83.9 Å². The van der Waals surface area contributed by atoms with Gasteiger partial charge in [-0.25, -0.2) is 4.98 Å². The zero-order chi connectivity index (χ0) is 21.0. The van der Waals surface area contributed by atoms with Crippen molar-refractivity contribution in [1.82, 2.24) is 15.2 Å². The second-order valence-corrected chi connectivity index (χ2v) is 9.28. The van der Waals surface area contributed by atoms with E-state index in [0.29, 0.717) is 18.3 Å². The van der Waals surface area contributed by atoms with Crippen LogP contribution in [0.15, 0.2) is 72.8 Å². The van der Waals surface area contributed by atoms with Gasteiger partial charge in [0.2, 0.25) is 0 Å². The molecule has 31 heavy (non-hydrogen) atoms. The topological polar surface area (TPSA) is 48.4 Å². The fourth-order valence-corrected chi connectivity index (χ4v) is 5.21.